The Morgan fingerprint density at radius 2 is 1.94 bits per heavy atom. The minimum absolute atomic E-state index is 0.0392. The molecular weight excluding hydrogens is 242 g/mol. The van der Waals surface area contributed by atoms with E-state index >= 15 is 0 Å². The van der Waals surface area contributed by atoms with Crippen LogP contribution >= 0.6 is 11.8 Å². The minimum atomic E-state index is 0.0392. The van der Waals surface area contributed by atoms with Crippen molar-refractivity contribution >= 4 is 17.7 Å². The van der Waals surface area contributed by atoms with Crippen LogP contribution in [0.3, 0.4) is 0 Å². The normalized spacial score (nSPS) is 10.4. The molecule has 0 aliphatic heterocycles. The SMILES string of the molecule is CC(C)(C)SCC(=O)NCC#Cc1ccccc1. The molecule has 1 aromatic rings. The summed E-state index contributed by atoms with van der Waals surface area (Å²) in [6.45, 7) is 6.69. The second-order valence-corrected chi connectivity index (χ2v) is 6.65. The van der Waals surface area contributed by atoms with E-state index in [0.717, 1.165) is 5.56 Å². The van der Waals surface area contributed by atoms with Crippen LogP contribution in [0.4, 0.5) is 0 Å². The van der Waals surface area contributed by atoms with E-state index in [1.807, 2.05) is 30.3 Å². The lowest BCUT2D eigenvalue weighted by molar-refractivity contribution is -0.118. The molecule has 1 amide bonds. The van der Waals surface area contributed by atoms with Crippen molar-refractivity contribution in [2.45, 2.75) is 25.5 Å². The number of benzene rings is 1. The van der Waals surface area contributed by atoms with Crippen molar-refractivity contribution in [1.82, 2.24) is 5.32 Å². The Morgan fingerprint density at radius 1 is 1.28 bits per heavy atom. The molecule has 0 bridgehead atoms. The third-order valence-corrected chi connectivity index (χ3v) is 3.29. The summed E-state index contributed by atoms with van der Waals surface area (Å²) in [7, 11) is 0. The molecule has 0 spiro atoms. The molecule has 1 aromatic carbocycles. The number of thioether (sulfide) groups is 1. The Labute approximate surface area is 114 Å². The minimum Gasteiger partial charge on any atom is -0.344 e. The molecule has 0 aliphatic carbocycles. The van der Waals surface area contributed by atoms with Gasteiger partial charge in [-0.25, -0.2) is 0 Å². The van der Waals surface area contributed by atoms with Gasteiger partial charge in [0.15, 0.2) is 0 Å². The monoisotopic (exact) mass is 261 g/mol. The summed E-state index contributed by atoms with van der Waals surface area (Å²) in [5.74, 6) is 6.46. The van der Waals surface area contributed by atoms with E-state index in [2.05, 4.69) is 37.9 Å². The fraction of sp³-hybridized carbons (Fsp3) is 0.400. The Kier molecular flexibility index (Phi) is 5.80. The van der Waals surface area contributed by atoms with Crippen LogP contribution in [-0.4, -0.2) is 23.0 Å². The predicted octanol–water partition coefficient (Wildman–Crippen LogP) is 2.69. The largest absolute Gasteiger partial charge is 0.344 e. The Hall–Kier alpha value is -1.40. The van der Waals surface area contributed by atoms with Gasteiger partial charge < -0.3 is 5.32 Å². The molecule has 0 radical (unpaired) electrons. The zero-order valence-corrected chi connectivity index (χ0v) is 11.9. The smallest absolute Gasteiger partial charge is 0.230 e. The first-order chi connectivity index (χ1) is 8.47. The molecule has 0 aliphatic rings. The maximum absolute atomic E-state index is 11.5. The van der Waals surface area contributed by atoms with Gasteiger partial charge >= 0.3 is 0 Å². The molecular formula is C15H19NOS. The predicted molar refractivity (Wildman–Crippen MR) is 78.5 cm³/mol. The highest BCUT2D eigenvalue weighted by molar-refractivity contribution is 8.01. The van der Waals surface area contributed by atoms with Gasteiger partial charge in [0, 0.05) is 10.3 Å². The Bertz CT molecular complexity index is 437. The van der Waals surface area contributed by atoms with E-state index in [4.69, 9.17) is 0 Å². The number of nitrogens with one attached hydrogen (secondary N) is 1. The quantitative estimate of drug-likeness (QED) is 0.848. The van der Waals surface area contributed by atoms with Gasteiger partial charge in [-0.15, -0.1) is 11.8 Å². The van der Waals surface area contributed by atoms with Crippen molar-refractivity contribution in [3.8, 4) is 11.8 Å². The second kappa shape index (κ2) is 7.13. The summed E-state index contributed by atoms with van der Waals surface area (Å²) in [4.78, 5) is 11.5. The van der Waals surface area contributed by atoms with Crippen molar-refractivity contribution in [1.29, 1.82) is 0 Å². The van der Waals surface area contributed by atoms with Crippen LogP contribution in [0.1, 0.15) is 26.3 Å². The third-order valence-electron chi connectivity index (χ3n) is 2.02. The highest BCUT2D eigenvalue weighted by atomic mass is 32.2. The van der Waals surface area contributed by atoms with E-state index in [1.54, 1.807) is 11.8 Å². The molecule has 18 heavy (non-hydrogen) atoms. The molecule has 0 saturated heterocycles. The number of amides is 1. The van der Waals surface area contributed by atoms with Gasteiger partial charge in [-0.3, -0.25) is 4.79 Å². The van der Waals surface area contributed by atoms with Crippen LogP contribution in [0.25, 0.3) is 0 Å². The average molecular weight is 261 g/mol. The Morgan fingerprint density at radius 3 is 2.56 bits per heavy atom. The number of carbonyl (C=O) groups is 1. The number of hydrogen-bond acceptors (Lipinski definition) is 2. The van der Waals surface area contributed by atoms with Gasteiger partial charge in [-0.1, -0.05) is 50.8 Å². The van der Waals surface area contributed by atoms with E-state index in [1.165, 1.54) is 0 Å². The van der Waals surface area contributed by atoms with E-state index < -0.39 is 0 Å². The van der Waals surface area contributed by atoms with E-state index in [9.17, 15) is 4.79 Å². The lowest BCUT2D eigenvalue weighted by Crippen LogP contribution is -2.27. The number of carbonyl (C=O) groups excluding carboxylic acids is 1. The first-order valence-corrected chi connectivity index (χ1v) is 6.90. The molecule has 0 atom stereocenters. The van der Waals surface area contributed by atoms with E-state index in [-0.39, 0.29) is 10.7 Å². The zero-order chi connectivity index (χ0) is 13.4. The zero-order valence-electron chi connectivity index (χ0n) is 11.1. The fourth-order valence-electron chi connectivity index (χ4n) is 1.14. The molecule has 2 nitrogen and oxygen atoms in total. The van der Waals surface area contributed by atoms with Crippen molar-refractivity contribution in [3.05, 3.63) is 35.9 Å². The summed E-state index contributed by atoms with van der Waals surface area (Å²) in [5, 5.41) is 2.79. The van der Waals surface area contributed by atoms with Crippen molar-refractivity contribution in [2.75, 3.05) is 12.3 Å². The topological polar surface area (TPSA) is 29.1 Å². The summed E-state index contributed by atoms with van der Waals surface area (Å²) in [6, 6.07) is 9.75. The van der Waals surface area contributed by atoms with Gasteiger partial charge in [-0.2, -0.15) is 0 Å². The number of rotatable bonds is 3. The summed E-state index contributed by atoms with van der Waals surface area (Å²) >= 11 is 1.64. The molecule has 0 unspecified atom stereocenters. The molecule has 0 fully saturated rings. The van der Waals surface area contributed by atoms with Gasteiger partial charge in [0.05, 0.1) is 12.3 Å². The summed E-state index contributed by atoms with van der Waals surface area (Å²) < 4.78 is 0.118. The van der Waals surface area contributed by atoms with Gasteiger partial charge in [0.1, 0.15) is 0 Å². The molecule has 96 valence electrons. The molecule has 1 rings (SSSR count). The van der Waals surface area contributed by atoms with Gasteiger partial charge in [0.25, 0.3) is 0 Å². The maximum atomic E-state index is 11.5. The van der Waals surface area contributed by atoms with Crippen molar-refractivity contribution in [3.63, 3.8) is 0 Å². The highest BCUT2D eigenvalue weighted by Crippen LogP contribution is 2.22. The molecule has 1 N–H and O–H groups in total. The van der Waals surface area contributed by atoms with Gasteiger partial charge in [-0.05, 0) is 12.1 Å². The van der Waals surface area contributed by atoms with Crippen LogP contribution in [0.2, 0.25) is 0 Å². The first-order valence-electron chi connectivity index (χ1n) is 5.92. The van der Waals surface area contributed by atoms with Crippen molar-refractivity contribution in [2.24, 2.45) is 0 Å². The van der Waals surface area contributed by atoms with Crippen LogP contribution in [0.5, 0.6) is 0 Å². The van der Waals surface area contributed by atoms with Gasteiger partial charge in [0.2, 0.25) is 5.91 Å². The summed E-state index contributed by atoms with van der Waals surface area (Å²) in [6.07, 6.45) is 0. The molecule has 0 saturated carbocycles. The fourth-order valence-corrected chi connectivity index (χ4v) is 1.81. The Balaban J connectivity index is 2.26. The standard InChI is InChI=1S/C15H19NOS/c1-15(2,3)18-12-14(17)16-11-7-10-13-8-5-4-6-9-13/h4-6,8-9H,11-12H2,1-3H3,(H,16,17). The highest BCUT2D eigenvalue weighted by Gasteiger charge is 2.12. The number of hydrogen-bond donors (Lipinski definition) is 1. The van der Waals surface area contributed by atoms with Crippen molar-refractivity contribution < 1.29 is 4.79 Å². The van der Waals surface area contributed by atoms with Crippen LogP contribution in [0, 0.1) is 11.8 Å². The molecule has 0 heterocycles. The van der Waals surface area contributed by atoms with E-state index in [0.29, 0.717) is 12.3 Å². The average Bonchev–Trinajstić information content (AvgIpc) is 2.33. The van der Waals surface area contributed by atoms with Crippen LogP contribution in [0.15, 0.2) is 30.3 Å². The second-order valence-electron chi connectivity index (χ2n) is 4.85. The van der Waals surface area contributed by atoms with Crippen LogP contribution in [-0.2, 0) is 4.79 Å². The first kappa shape index (κ1) is 14.7. The molecule has 0 aromatic heterocycles. The maximum Gasteiger partial charge on any atom is 0.230 e. The lowest BCUT2D eigenvalue weighted by Gasteiger charge is -2.16. The third kappa shape index (κ3) is 7.03. The summed E-state index contributed by atoms with van der Waals surface area (Å²) in [5.41, 5.74) is 0.968. The van der Waals surface area contributed by atoms with Crippen LogP contribution < -0.4 is 5.32 Å². The lowest BCUT2D eigenvalue weighted by atomic mass is 10.2. The molecule has 3 heteroatoms.